The number of hydrogen-bond donors (Lipinski definition) is 1. The Morgan fingerprint density at radius 1 is 1.08 bits per heavy atom. The normalized spacial score (nSPS) is 18.8. The minimum atomic E-state index is -3.68. The molecule has 2 amide bonds. The highest BCUT2D eigenvalue weighted by molar-refractivity contribution is 7.51. The lowest BCUT2D eigenvalue weighted by Gasteiger charge is -2.39. The first-order valence-corrected chi connectivity index (χ1v) is 13.3. The van der Waals surface area contributed by atoms with E-state index < -0.39 is 31.6 Å². The fourth-order valence-corrected chi connectivity index (χ4v) is 5.67. The number of methoxy groups -OCH3 is 2. The highest BCUT2D eigenvalue weighted by atomic mass is 31.2. The molecule has 2 aliphatic heterocycles. The van der Waals surface area contributed by atoms with Crippen LogP contribution in [-0.2, 0) is 32.6 Å². The smallest absolute Gasteiger partial charge is 0.414 e. The van der Waals surface area contributed by atoms with Gasteiger partial charge in [0.25, 0.3) is 0 Å². The molecular weight excluding hydrogens is 517 g/mol. The number of ether oxygens (including phenoxy) is 3. The lowest BCUT2D eigenvalue weighted by atomic mass is 10.1. The molecule has 0 aromatic heterocycles. The molecule has 2 aliphatic rings. The molecular formula is C22H33F2N4O8P. The van der Waals surface area contributed by atoms with Crippen LogP contribution >= 0.6 is 7.75 Å². The molecule has 2 fully saturated rings. The number of hydrogen-bond acceptors (Lipinski definition) is 9. The van der Waals surface area contributed by atoms with Crippen molar-refractivity contribution in [1.82, 2.24) is 9.99 Å². The summed E-state index contributed by atoms with van der Waals surface area (Å²) in [6.07, 6.45) is -1.45. The van der Waals surface area contributed by atoms with E-state index in [1.165, 1.54) is 21.1 Å². The first-order valence-electron chi connectivity index (χ1n) is 11.8. The van der Waals surface area contributed by atoms with E-state index >= 15 is 4.39 Å². The number of anilines is 2. The maximum Gasteiger partial charge on any atom is 0.414 e. The van der Waals surface area contributed by atoms with Crippen molar-refractivity contribution in [2.75, 3.05) is 89.7 Å². The van der Waals surface area contributed by atoms with Gasteiger partial charge in [-0.2, -0.15) is 0 Å². The summed E-state index contributed by atoms with van der Waals surface area (Å²) in [6, 6.07) is 1.81. The van der Waals surface area contributed by atoms with Crippen LogP contribution in [0.1, 0.15) is 6.92 Å². The first-order chi connectivity index (χ1) is 17.7. The highest BCUT2D eigenvalue weighted by Crippen LogP contribution is 2.52. The van der Waals surface area contributed by atoms with Crippen molar-refractivity contribution >= 4 is 31.1 Å². The number of nitrogens with zero attached hydrogens (tertiary/aromatic N) is 3. The zero-order valence-electron chi connectivity index (χ0n) is 21.1. The molecule has 1 atom stereocenters. The standard InChI is InChI=1S/C22H33F2N4O8P/c1-16(29)25-14-18-15-28(22(30)36-18)20-13-17(23)12-19(24)21(20)26-4-6-27(7-5-26)37(31,34-10-8-32-2)35-11-9-33-3/h12-13,18H,4-11,14-15H2,1-3H3,(H,25,29). The van der Waals surface area contributed by atoms with Crippen LogP contribution in [-0.4, -0.2) is 103 Å². The maximum absolute atomic E-state index is 15.1. The van der Waals surface area contributed by atoms with Gasteiger partial charge in [-0.15, -0.1) is 0 Å². The molecule has 208 valence electrons. The predicted molar refractivity (Wildman–Crippen MR) is 130 cm³/mol. The van der Waals surface area contributed by atoms with Crippen LogP contribution in [0, 0.1) is 11.6 Å². The van der Waals surface area contributed by atoms with Crippen molar-refractivity contribution in [2.24, 2.45) is 0 Å². The van der Waals surface area contributed by atoms with E-state index in [2.05, 4.69) is 5.32 Å². The number of piperazine rings is 1. The van der Waals surface area contributed by atoms with E-state index in [9.17, 15) is 18.5 Å². The molecule has 0 bridgehead atoms. The van der Waals surface area contributed by atoms with Gasteiger partial charge >= 0.3 is 13.8 Å². The van der Waals surface area contributed by atoms with Crippen molar-refractivity contribution in [3.05, 3.63) is 23.8 Å². The van der Waals surface area contributed by atoms with Crippen molar-refractivity contribution in [2.45, 2.75) is 13.0 Å². The van der Waals surface area contributed by atoms with Gasteiger partial charge in [-0.25, -0.2) is 22.8 Å². The highest BCUT2D eigenvalue weighted by Gasteiger charge is 2.39. The third-order valence-electron chi connectivity index (χ3n) is 5.75. The van der Waals surface area contributed by atoms with Gasteiger partial charge < -0.3 is 24.4 Å². The fraction of sp³-hybridized carbons (Fsp3) is 0.636. The maximum atomic E-state index is 15.1. The Hall–Kier alpha value is -2.35. The second-order valence-corrected chi connectivity index (χ2v) is 10.4. The average molecular weight is 550 g/mol. The van der Waals surface area contributed by atoms with Crippen LogP contribution in [0.2, 0.25) is 0 Å². The Labute approximate surface area is 214 Å². The van der Waals surface area contributed by atoms with Crippen molar-refractivity contribution < 1.29 is 46.2 Å². The van der Waals surface area contributed by atoms with E-state index in [1.807, 2.05) is 0 Å². The minimum Gasteiger partial charge on any atom is -0.442 e. The van der Waals surface area contributed by atoms with Gasteiger partial charge in [-0.1, -0.05) is 0 Å². The summed E-state index contributed by atoms with van der Waals surface area (Å²) in [5.41, 5.74) is 0.0331. The second kappa shape index (κ2) is 13.4. The van der Waals surface area contributed by atoms with Crippen LogP contribution in [0.3, 0.4) is 0 Å². The quantitative estimate of drug-likeness (QED) is 0.289. The summed E-state index contributed by atoms with van der Waals surface area (Å²) in [6.45, 7) is 2.70. The monoisotopic (exact) mass is 550 g/mol. The van der Waals surface area contributed by atoms with Gasteiger partial charge in [-0.3, -0.25) is 18.7 Å². The Morgan fingerprint density at radius 2 is 1.70 bits per heavy atom. The summed E-state index contributed by atoms with van der Waals surface area (Å²) in [5, 5.41) is 2.56. The summed E-state index contributed by atoms with van der Waals surface area (Å²) >= 11 is 0. The lowest BCUT2D eigenvalue weighted by molar-refractivity contribution is -0.119. The molecule has 1 N–H and O–H groups in total. The number of halogens is 2. The molecule has 2 heterocycles. The topological polar surface area (TPSA) is 119 Å². The van der Waals surface area contributed by atoms with E-state index in [-0.39, 0.29) is 83.0 Å². The Balaban J connectivity index is 1.76. The third-order valence-corrected chi connectivity index (χ3v) is 7.86. The largest absolute Gasteiger partial charge is 0.442 e. The SMILES string of the molecule is COCCOP(=O)(OCCOC)N1CCN(c2c(F)cc(F)cc2N2CC(CNC(C)=O)OC2=O)CC1. The zero-order valence-corrected chi connectivity index (χ0v) is 22.0. The van der Waals surface area contributed by atoms with Crippen LogP contribution in [0.5, 0.6) is 0 Å². The molecule has 12 nitrogen and oxygen atoms in total. The number of nitrogens with one attached hydrogen (secondary N) is 1. The van der Waals surface area contributed by atoms with Gasteiger partial charge in [0.1, 0.15) is 11.9 Å². The van der Waals surface area contributed by atoms with Gasteiger partial charge in [-0.05, 0) is 0 Å². The van der Waals surface area contributed by atoms with E-state index in [4.69, 9.17) is 23.3 Å². The van der Waals surface area contributed by atoms with Crippen LogP contribution < -0.4 is 15.1 Å². The van der Waals surface area contributed by atoms with Gasteiger partial charge in [0.05, 0.1) is 50.9 Å². The van der Waals surface area contributed by atoms with Crippen molar-refractivity contribution in [3.8, 4) is 0 Å². The van der Waals surface area contributed by atoms with E-state index in [0.717, 1.165) is 17.0 Å². The molecule has 0 radical (unpaired) electrons. The first kappa shape index (κ1) is 29.2. The van der Waals surface area contributed by atoms with Gasteiger partial charge in [0.2, 0.25) is 5.91 Å². The molecule has 2 saturated heterocycles. The van der Waals surface area contributed by atoms with E-state index in [0.29, 0.717) is 0 Å². The number of benzene rings is 1. The van der Waals surface area contributed by atoms with Crippen molar-refractivity contribution in [3.63, 3.8) is 0 Å². The number of cyclic esters (lactones) is 1. The Bertz CT molecular complexity index is 982. The third kappa shape index (κ3) is 7.59. The Morgan fingerprint density at radius 3 is 2.27 bits per heavy atom. The molecule has 1 unspecified atom stereocenters. The molecule has 3 rings (SSSR count). The number of carbonyl (C=O) groups excluding carboxylic acids is 2. The summed E-state index contributed by atoms with van der Waals surface area (Å²) < 4.78 is 70.6. The molecule has 1 aromatic rings. The predicted octanol–water partition coefficient (Wildman–Crippen LogP) is 1.98. The molecule has 0 aliphatic carbocycles. The molecule has 15 heteroatoms. The summed E-state index contributed by atoms with van der Waals surface area (Å²) in [5.74, 6) is -1.99. The molecule has 37 heavy (non-hydrogen) atoms. The Kier molecular flexibility index (Phi) is 10.6. The average Bonchev–Trinajstić information content (AvgIpc) is 3.23. The van der Waals surface area contributed by atoms with E-state index in [1.54, 1.807) is 9.57 Å². The van der Waals surface area contributed by atoms with Gasteiger partial charge in [0, 0.05) is 59.5 Å². The fourth-order valence-electron chi connectivity index (χ4n) is 3.99. The van der Waals surface area contributed by atoms with Crippen molar-refractivity contribution in [1.29, 1.82) is 0 Å². The van der Waals surface area contributed by atoms with Gasteiger partial charge in [0.15, 0.2) is 5.82 Å². The lowest BCUT2D eigenvalue weighted by Crippen LogP contribution is -2.46. The number of amides is 2. The van der Waals surface area contributed by atoms with Crippen LogP contribution in [0.15, 0.2) is 12.1 Å². The molecule has 0 spiro atoms. The van der Waals surface area contributed by atoms with Crippen LogP contribution in [0.25, 0.3) is 0 Å². The summed E-state index contributed by atoms with van der Waals surface area (Å²) in [7, 11) is -0.701. The zero-order chi connectivity index (χ0) is 27.0. The number of carbonyl (C=O) groups is 2. The summed E-state index contributed by atoms with van der Waals surface area (Å²) in [4.78, 5) is 26.5. The number of rotatable bonds is 13. The minimum absolute atomic E-state index is 0.00481. The second-order valence-electron chi connectivity index (χ2n) is 8.37. The molecule has 1 aromatic carbocycles. The van der Waals surface area contributed by atoms with Crippen LogP contribution in [0.4, 0.5) is 25.0 Å². The molecule has 0 saturated carbocycles.